The highest BCUT2D eigenvalue weighted by Crippen LogP contribution is 2.05. The van der Waals surface area contributed by atoms with Gasteiger partial charge in [-0.25, -0.2) is 0 Å². The Hall–Kier alpha value is -1.90. The maximum atomic E-state index is 2.21. The van der Waals surface area contributed by atoms with E-state index >= 15 is 0 Å². The Kier molecular flexibility index (Phi) is 6.38. The van der Waals surface area contributed by atoms with E-state index in [0.717, 1.165) is 13.1 Å². The Labute approximate surface area is 143 Å². The van der Waals surface area contributed by atoms with Crippen LogP contribution in [-0.4, -0.2) is 0 Å². The second kappa shape index (κ2) is 8.52. The zero-order valence-corrected chi connectivity index (χ0v) is 14.0. The van der Waals surface area contributed by atoms with Gasteiger partial charge in [-0.3, -0.25) is 4.90 Å². The van der Waals surface area contributed by atoms with Crippen LogP contribution in [0.4, 0.5) is 5.69 Å². The van der Waals surface area contributed by atoms with E-state index in [9.17, 15) is 0 Å². The van der Waals surface area contributed by atoms with E-state index in [4.69, 9.17) is 0 Å². The molecule has 0 saturated heterocycles. The summed E-state index contributed by atoms with van der Waals surface area (Å²) in [5, 5.41) is 0. The lowest BCUT2D eigenvalue weighted by atomic mass is 10.1. The summed E-state index contributed by atoms with van der Waals surface area (Å²) in [7, 11) is 0. The van der Waals surface area contributed by atoms with Gasteiger partial charge in [-0.1, -0.05) is 78.9 Å². The van der Waals surface area contributed by atoms with Crippen molar-refractivity contribution in [2.45, 2.75) is 13.1 Å². The zero-order valence-electron chi connectivity index (χ0n) is 12.5. The van der Waals surface area contributed by atoms with Gasteiger partial charge in [-0.05, 0) is 12.1 Å². The van der Waals surface area contributed by atoms with Crippen LogP contribution in [0, 0.1) is 0 Å². The molecule has 0 spiro atoms. The monoisotopic (exact) mass is 353 g/mol. The van der Waals surface area contributed by atoms with E-state index in [1.165, 1.54) is 21.7 Å². The molecule has 0 aliphatic carbocycles. The second-order valence-electron chi connectivity index (χ2n) is 5.29. The summed E-state index contributed by atoms with van der Waals surface area (Å²) in [5.41, 5.74) is 4.07. The molecule has 0 radical (unpaired) electrons. The minimum Gasteiger partial charge on any atom is -1.00 e. The molecule has 3 rings (SSSR count). The molecule has 1 nitrogen and oxygen atoms in total. The maximum absolute atomic E-state index is 2.21. The largest absolute Gasteiger partial charge is 1.00 e. The van der Waals surface area contributed by atoms with Crippen LogP contribution < -0.4 is 21.9 Å². The molecular formula is C20H20BrN. The fraction of sp³-hybridized carbons (Fsp3) is 0.100. The van der Waals surface area contributed by atoms with Gasteiger partial charge in [0.15, 0.2) is 0 Å². The Morgan fingerprint density at radius 3 is 1.27 bits per heavy atom. The van der Waals surface area contributed by atoms with Crippen molar-refractivity contribution in [3.63, 3.8) is 0 Å². The van der Waals surface area contributed by atoms with E-state index in [-0.39, 0.29) is 17.0 Å². The van der Waals surface area contributed by atoms with Crippen molar-refractivity contribution >= 4 is 5.69 Å². The molecule has 0 aliphatic rings. The van der Waals surface area contributed by atoms with Gasteiger partial charge in [-0.15, -0.1) is 0 Å². The van der Waals surface area contributed by atoms with Gasteiger partial charge in [-0.2, -0.15) is 0 Å². The smallest absolute Gasteiger partial charge is 0.131 e. The van der Waals surface area contributed by atoms with Crippen molar-refractivity contribution in [2.75, 3.05) is 0 Å². The number of hydrogen-bond acceptors (Lipinski definition) is 0. The summed E-state index contributed by atoms with van der Waals surface area (Å²) in [6.07, 6.45) is 0. The predicted molar refractivity (Wildman–Crippen MR) is 87.4 cm³/mol. The highest BCUT2D eigenvalue weighted by atomic mass is 79.9. The van der Waals surface area contributed by atoms with E-state index in [2.05, 4.69) is 91.0 Å². The van der Waals surface area contributed by atoms with Gasteiger partial charge in [0.1, 0.15) is 18.8 Å². The number of halogens is 1. The third kappa shape index (κ3) is 4.55. The Bertz CT molecular complexity index is 612. The van der Waals surface area contributed by atoms with Crippen molar-refractivity contribution < 1.29 is 21.9 Å². The maximum Gasteiger partial charge on any atom is 0.131 e. The minimum absolute atomic E-state index is 0. The molecule has 3 aromatic carbocycles. The first-order valence-electron chi connectivity index (χ1n) is 7.40. The first kappa shape index (κ1) is 16.5. The van der Waals surface area contributed by atoms with Crippen LogP contribution in [0.25, 0.3) is 0 Å². The summed E-state index contributed by atoms with van der Waals surface area (Å²) in [6.45, 7) is 2.00. The van der Waals surface area contributed by atoms with Crippen molar-refractivity contribution in [2.24, 2.45) is 0 Å². The number of para-hydroxylation sites is 1. The van der Waals surface area contributed by atoms with E-state index in [0.29, 0.717) is 0 Å². The molecule has 22 heavy (non-hydrogen) atoms. The molecule has 0 unspecified atom stereocenters. The number of nitrogens with one attached hydrogen (secondary N) is 1. The fourth-order valence-electron chi connectivity index (χ4n) is 2.63. The summed E-state index contributed by atoms with van der Waals surface area (Å²) in [5.74, 6) is 0. The Morgan fingerprint density at radius 2 is 0.864 bits per heavy atom. The minimum atomic E-state index is 0. The third-order valence-corrected chi connectivity index (χ3v) is 3.70. The summed E-state index contributed by atoms with van der Waals surface area (Å²) < 4.78 is 0. The molecule has 0 atom stereocenters. The third-order valence-electron chi connectivity index (χ3n) is 3.70. The second-order valence-corrected chi connectivity index (χ2v) is 5.29. The highest BCUT2D eigenvalue weighted by Gasteiger charge is 2.13. The van der Waals surface area contributed by atoms with Crippen LogP contribution in [0.5, 0.6) is 0 Å². The average Bonchev–Trinajstić information content (AvgIpc) is 2.57. The van der Waals surface area contributed by atoms with E-state index in [1.807, 2.05) is 0 Å². The van der Waals surface area contributed by atoms with Gasteiger partial charge in [0.25, 0.3) is 0 Å². The Balaban J connectivity index is 0.00000176. The SMILES string of the molecule is [Br-].c1ccc(C[NH+](Cc2ccccc2)c2ccccc2)cc1. The molecule has 0 heterocycles. The summed E-state index contributed by atoms with van der Waals surface area (Å²) in [4.78, 5) is 1.47. The van der Waals surface area contributed by atoms with Gasteiger partial charge < -0.3 is 17.0 Å². The predicted octanol–water partition coefficient (Wildman–Crippen LogP) is 0.607. The van der Waals surface area contributed by atoms with Crippen molar-refractivity contribution in [1.29, 1.82) is 0 Å². The van der Waals surface area contributed by atoms with Crippen LogP contribution in [-0.2, 0) is 13.1 Å². The summed E-state index contributed by atoms with van der Waals surface area (Å²) >= 11 is 0. The number of hydrogen-bond donors (Lipinski definition) is 1. The van der Waals surface area contributed by atoms with Crippen LogP contribution in [0.3, 0.4) is 0 Å². The molecule has 1 N–H and O–H groups in total. The van der Waals surface area contributed by atoms with Crippen molar-refractivity contribution in [3.8, 4) is 0 Å². The number of benzene rings is 3. The normalized spacial score (nSPS) is 10.2. The lowest BCUT2D eigenvalue weighted by Gasteiger charge is -2.19. The lowest BCUT2D eigenvalue weighted by molar-refractivity contribution is -0.862. The molecule has 0 aromatic heterocycles. The standard InChI is InChI=1S/C20H19N.BrH/c1-4-10-18(11-5-1)16-21(20-14-8-3-9-15-20)17-19-12-6-2-7-13-19;/h1-15H,16-17H2;1H. The van der Waals surface area contributed by atoms with Crippen molar-refractivity contribution in [3.05, 3.63) is 102 Å². The lowest BCUT2D eigenvalue weighted by Crippen LogP contribution is -3.04. The first-order chi connectivity index (χ1) is 10.4. The average molecular weight is 354 g/mol. The van der Waals surface area contributed by atoms with E-state index in [1.54, 1.807) is 0 Å². The van der Waals surface area contributed by atoms with Crippen LogP contribution in [0.2, 0.25) is 0 Å². The molecule has 0 amide bonds. The van der Waals surface area contributed by atoms with Gasteiger partial charge >= 0.3 is 0 Å². The topological polar surface area (TPSA) is 4.44 Å². The fourth-order valence-corrected chi connectivity index (χ4v) is 2.63. The Morgan fingerprint density at radius 1 is 0.500 bits per heavy atom. The molecule has 0 fully saturated rings. The summed E-state index contributed by atoms with van der Waals surface area (Å²) in [6, 6.07) is 32.1. The molecule has 112 valence electrons. The molecule has 0 aliphatic heterocycles. The highest BCUT2D eigenvalue weighted by molar-refractivity contribution is 5.29. The van der Waals surface area contributed by atoms with Crippen LogP contribution in [0.1, 0.15) is 11.1 Å². The van der Waals surface area contributed by atoms with Crippen molar-refractivity contribution in [1.82, 2.24) is 0 Å². The molecule has 2 heteroatoms. The number of rotatable bonds is 5. The zero-order chi connectivity index (χ0) is 14.3. The van der Waals surface area contributed by atoms with Gasteiger partial charge in [0.2, 0.25) is 0 Å². The van der Waals surface area contributed by atoms with Gasteiger partial charge in [0.05, 0.1) is 0 Å². The molecule has 0 bridgehead atoms. The molecular weight excluding hydrogens is 334 g/mol. The quantitative estimate of drug-likeness (QED) is 0.685. The van der Waals surface area contributed by atoms with E-state index < -0.39 is 0 Å². The van der Waals surface area contributed by atoms with Gasteiger partial charge in [0, 0.05) is 11.1 Å². The molecule has 3 aromatic rings. The number of quaternary nitrogens is 1. The molecule has 0 saturated carbocycles. The van der Waals surface area contributed by atoms with Crippen LogP contribution >= 0.6 is 0 Å². The van der Waals surface area contributed by atoms with Crippen LogP contribution in [0.15, 0.2) is 91.0 Å². The first-order valence-corrected chi connectivity index (χ1v) is 7.40.